The molecule has 1 aliphatic heterocycles. The lowest BCUT2D eigenvalue weighted by atomic mass is 10.1. The molecule has 0 amide bonds. The zero-order valence-corrected chi connectivity index (χ0v) is 14.2. The molecule has 3 nitrogen and oxygen atoms in total. The van der Waals surface area contributed by atoms with Gasteiger partial charge >= 0.3 is 0 Å². The van der Waals surface area contributed by atoms with Crippen molar-refractivity contribution >= 4 is 47.9 Å². The van der Waals surface area contributed by atoms with Gasteiger partial charge in [-0.1, -0.05) is 30.3 Å². The topological polar surface area (TPSA) is 37.4 Å². The van der Waals surface area contributed by atoms with Crippen molar-refractivity contribution in [2.24, 2.45) is 0 Å². The van der Waals surface area contributed by atoms with Crippen LogP contribution in [-0.2, 0) is 8.87 Å². The van der Waals surface area contributed by atoms with E-state index < -0.39 is 8.87 Å². The maximum absolute atomic E-state index is 11.2. The van der Waals surface area contributed by atoms with E-state index >= 15 is 0 Å². The molecule has 0 atom stereocenters. The summed E-state index contributed by atoms with van der Waals surface area (Å²) in [7, 11) is -1.92. The predicted octanol–water partition coefficient (Wildman–Crippen LogP) is 3.44. The Morgan fingerprint density at radius 2 is 2.05 bits per heavy atom. The average molecular weight is 340 g/mol. The third-order valence-electron chi connectivity index (χ3n) is 3.47. The highest BCUT2D eigenvalue weighted by molar-refractivity contribution is 8.71. The first kappa shape index (κ1) is 15.1. The first-order valence-electron chi connectivity index (χ1n) is 6.78. The van der Waals surface area contributed by atoms with Crippen molar-refractivity contribution in [2.45, 2.75) is 4.90 Å². The number of rotatable bonds is 4. The number of hydrogen-bond acceptors (Lipinski definition) is 5. The molecule has 0 aliphatic carbocycles. The second-order valence-corrected chi connectivity index (χ2v) is 10.7. The summed E-state index contributed by atoms with van der Waals surface area (Å²) in [5.41, 5.74) is 1.24. The van der Waals surface area contributed by atoms with Crippen LogP contribution < -0.4 is 4.90 Å². The molecule has 6 heteroatoms. The largest absolute Gasteiger partial charge is 0.369 e. The monoisotopic (exact) mass is 339 g/mol. The van der Waals surface area contributed by atoms with E-state index in [1.54, 1.807) is 0 Å². The summed E-state index contributed by atoms with van der Waals surface area (Å²) in [6.45, 7) is 1.74. The number of nitrogens with zero attached hydrogens (tertiary/aromatic N) is 1. The number of thioether (sulfide) groups is 1. The number of anilines is 1. The van der Waals surface area contributed by atoms with Gasteiger partial charge in [0, 0.05) is 35.7 Å². The van der Waals surface area contributed by atoms with Gasteiger partial charge in [0.25, 0.3) is 0 Å². The molecule has 0 unspecified atom stereocenters. The molecular formula is C15H17NO2S3. The van der Waals surface area contributed by atoms with Gasteiger partial charge in [-0.2, -0.15) is 0 Å². The molecule has 0 aromatic heterocycles. The fourth-order valence-electron chi connectivity index (χ4n) is 2.54. The van der Waals surface area contributed by atoms with E-state index in [0.717, 1.165) is 29.6 Å². The Kier molecular flexibility index (Phi) is 4.38. The molecule has 0 N–H and O–H groups in total. The summed E-state index contributed by atoms with van der Waals surface area (Å²) in [6, 6.07) is 12.7. The molecule has 1 heterocycles. The summed E-state index contributed by atoms with van der Waals surface area (Å²) in [4.78, 5) is 3.62. The molecular weight excluding hydrogens is 322 g/mol. The van der Waals surface area contributed by atoms with Crippen LogP contribution in [0.3, 0.4) is 0 Å². The van der Waals surface area contributed by atoms with Gasteiger partial charge in [-0.3, -0.25) is 0 Å². The fourth-order valence-corrected chi connectivity index (χ4v) is 5.47. The number of benzene rings is 2. The molecule has 0 bridgehead atoms. The third-order valence-corrected chi connectivity index (χ3v) is 7.13. The molecule has 0 fully saturated rings. The molecule has 2 aromatic carbocycles. The van der Waals surface area contributed by atoms with E-state index in [4.69, 9.17) is 0 Å². The zero-order valence-electron chi connectivity index (χ0n) is 11.8. The number of hydrogen-bond donors (Lipinski definition) is 0. The van der Waals surface area contributed by atoms with Gasteiger partial charge in [-0.25, -0.2) is 8.42 Å². The molecule has 21 heavy (non-hydrogen) atoms. The molecule has 0 radical (unpaired) electrons. The quantitative estimate of drug-likeness (QED) is 0.798. The van der Waals surface area contributed by atoms with E-state index in [1.165, 1.54) is 27.6 Å². The highest BCUT2D eigenvalue weighted by atomic mass is 33.1. The Balaban J connectivity index is 1.86. The lowest BCUT2D eigenvalue weighted by Crippen LogP contribution is -2.31. The minimum Gasteiger partial charge on any atom is -0.369 e. The van der Waals surface area contributed by atoms with E-state index in [0.29, 0.717) is 5.75 Å². The highest BCUT2D eigenvalue weighted by Gasteiger charge is 2.19. The third kappa shape index (κ3) is 3.49. The Morgan fingerprint density at radius 1 is 1.24 bits per heavy atom. The van der Waals surface area contributed by atoms with Crippen molar-refractivity contribution in [2.75, 3.05) is 35.8 Å². The summed E-state index contributed by atoms with van der Waals surface area (Å²) < 4.78 is 22.5. The normalized spacial score (nSPS) is 15.2. The average Bonchev–Trinajstić information content (AvgIpc) is 2.46. The van der Waals surface area contributed by atoms with E-state index in [9.17, 15) is 8.42 Å². The highest BCUT2D eigenvalue weighted by Crippen LogP contribution is 2.40. The Labute approximate surface area is 133 Å². The molecule has 0 spiro atoms. The molecule has 1 aliphatic rings. The van der Waals surface area contributed by atoms with Crippen molar-refractivity contribution in [3.8, 4) is 0 Å². The molecule has 2 aromatic rings. The van der Waals surface area contributed by atoms with Gasteiger partial charge < -0.3 is 4.90 Å². The van der Waals surface area contributed by atoms with Crippen molar-refractivity contribution in [1.29, 1.82) is 0 Å². The smallest absolute Gasteiger partial charge is 0.198 e. The van der Waals surface area contributed by atoms with Gasteiger partial charge in [-0.15, -0.1) is 11.8 Å². The van der Waals surface area contributed by atoms with Crippen LogP contribution in [0, 0.1) is 0 Å². The van der Waals surface area contributed by atoms with Gasteiger partial charge in [0.2, 0.25) is 0 Å². The van der Waals surface area contributed by atoms with Crippen LogP contribution in [0.2, 0.25) is 0 Å². The molecule has 0 saturated carbocycles. The molecule has 0 saturated heterocycles. The van der Waals surface area contributed by atoms with Crippen molar-refractivity contribution < 1.29 is 8.42 Å². The van der Waals surface area contributed by atoms with Gasteiger partial charge in [0.1, 0.15) is 0 Å². The van der Waals surface area contributed by atoms with Crippen LogP contribution in [-0.4, -0.2) is 39.3 Å². The van der Waals surface area contributed by atoms with E-state index in [2.05, 4.69) is 41.3 Å². The maximum Gasteiger partial charge on any atom is 0.198 e. The van der Waals surface area contributed by atoms with Gasteiger partial charge in [0.05, 0.1) is 5.69 Å². The summed E-state index contributed by atoms with van der Waals surface area (Å²) in [5, 5.41) is 2.55. The predicted molar refractivity (Wildman–Crippen MR) is 94.2 cm³/mol. The minimum absolute atomic E-state index is 0.607. The fraction of sp³-hybridized carbons (Fsp3) is 0.333. The molecule has 3 rings (SSSR count). The SMILES string of the molecule is CS(=O)(=O)SCCN1CCSc2c1ccc1ccccc21. The lowest BCUT2D eigenvalue weighted by Gasteiger charge is -2.31. The first-order valence-corrected chi connectivity index (χ1v) is 11.2. The van der Waals surface area contributed by atoms with Crippen LogP contribution in [0.1, 0.15) is 0 Å². The zero-order chi connectivity index (χ0) is 14.9. The first-order chi connectivity index (χ1) is 10.0. The number of fused-ring (bicyclic) bond motifs is 3. The second kappa shape index (κ2) is 6.10. The Hall–Kier alpha value is -0.850. The Morgan fingerprint density at radius 3 is 2.86 bits per heavy atom. The van der Waals surface area contributed by atoms with Crippen LogP contribution in [0.15, 0.2) is 41.3 Å². The van der Waals surface area contributed by atoms with Crippen molar-refractivity contribution in [3.63, 3.8) is 0 Å². The Bertz CT molecular complexity index is 759. The van der Waals surface area contributed by atoms with Crippen LogP contribution >= 0.6 is 22.6 Å². The minimum atomic E-state index is -2.95. The van der Waals surface area contributed by atoms with Crippen molar-refractivity contribution in [3.05, 3.63) is 36.4 Å². The van der Waals surface area contributed by atoms with Crippen LogP contribution in [0.5, 0.6) is 0 Å². The summed E-state index contributed by atoms with van der Waals surface area (Å²) >= 11 is 1.89. The van der Waals surface area contributed by atoms with Gasteiger partial charge in [-0.05, 0) is 27.6 Å². The summed E-state index contributed by atoms with van der Waals surface area (Å²) in [5.74, 6) is 1.65. The van der Waals surface area contributed by atoms with Crippen molar-refractivity contribution in [1.82, 2.24) is 0 Å². The summed E-state index contributed by atoms with van der Waals surface area (Å²) in [6.07, 6.45) is 1.27. The molecule has 112 valence electrons. The van der Waals surface area contributed by atoms with E-state index in [-0.39, 0.29) is 0 Å². The van der Waals surface area contributed by atoms with E-state index in [1.807, 2.05) is 11.8 Å². The van der Waals surface area contributed by atoms with Gasteiger partial charge in [0.15, 0.2) is 8.87 Å². The second-order valence-electron chi connectivity index (χ2n) is 5.00. The maximum atomic E-state index is 11.2. The van der Waals surface area contributed by atoms with Crippen LogP contribution in [0.4, 0.5) is 5.69 Å². The standard InChI is InChI=1S/C15H17NO2S3/c1-21(17,18)20-11-9-16-8-10-19-15-13-5-3-2-4-12(13)6-7-14(15)16/h2-7H,8-11H2,1H3. The van der Waals surface area contributed by atoms with Crippen LogP contribution in [0.25, 0.3) is 10.8 Å². The lowest BCUT2D eigenvalue weighted by molar-refractivity contribution is 0.615.